The standard InChI is InChI=1S/C18H22ClNO/c1-12(2)11-20-15-5-7-16(8-6-15)21-17-9-13(3)18(19)14(4)10-17/h5-10,12,20H,11H2,1-4H3. The molecule has 0 aromatic heterocycles. The molecule has 0 bridgehead atoms. The number of rotatable bonds is 5. The minimum Gasteiger partial charge on any atom is -0.457 e. The summed E-state index contributed by atoms with van der Waals surface area (Å²) in [5.74, 6) is 2.27. The lowest BCUT2D eigenvalue weighted by atomic mass is 10.1. The van der Waals surface area contributed by atoms with Crippen molar-refractivity contribution in [3.63, 3.8) is 0 Å². The van der Waals surface area contributed by atoms with Crippen molar-refractivity contribution in [1.29, 1.82) is 0 Å². The van der Waals surface area contributed by atoms with Crippen LogP contribution in [0.25, 0.3) is 0 Å². The molecular weight excluding hydrogens is 282 g/mol. The number of nitrogens with one attached hydrogen (secondary N) is 1. The van der Waals surface area contributed by atoms with Crippen molar-refractivity contribution in [2.75, 3.05) is 11.9 Å². The Morgan fingerprint density at radius 2 is 1.57 bits per heavy atom. The first-order valence-electron chi connectivity index (χ1n) is 7.24. The number of aryl methyl sites for hydroxylation is 2. The molecule has 3 heteroatoms. The molecule has 0 amide bonds. The lowest BCUT2D eigenvalue weighted by molar-refractivity contribution is 0.482. The van der Waals surface area contributed by atoms with E-state index in [-0.39, 0.29) is 0 Å². The first-order valence-corrected chi connectivity index (χ1v) is 7.62. The van der Waals surface area contributed by atoms with Crippen molar-refractivity contribution in [2.24, 2.45) is 5.92 Å². The van der Waals surface area contributed by atoms with E-state index in [2.05, 4.69) is 19.2 Å². The van der Waals surface area contributed by atoms with E-state index >= 15 is 0 Å². The smallest absolute Gasteiger partial charge is 0.128 e. The molecule has 0 aliphatic rings. The summed E-state index contributed by atoms with van der Waals surface area (Å²) in [6.45, 7) is 9.32. The molecule has 2 aromatic rings. The lowest BCUT2D eigenvalue weighted by Gasteiger charge is -2.11. The predicted molar refractivity (Wildman–Crippen MR) is 90.8 cm³/mol. The zero-order valence-electron chi connectivity index (χ0n) is 13.0. The van der Waals surface area contributed by atoms with E-state index in [1.807, 2.05) is 50.2 Å². The topological polar surface area (TPSA) is 21.3 Å². The molecular formula is C18H22ClNO. The van der Waals surface area contributed by atoms with E-state index in [4.69, 9.17) is 16.3 Å². The van der Waals surface area contributed by atoms with Gasteiger partial charge in [-0.1, -0.05) is 25.4 Å². The molecule has 2 rings (SSSR count). The van der Waals surface area contributed by atoms with Gasteiger partial charge in [0.2, 0.25) is 0 Å². The van der Waals surface area contributed by atoms with Crippen molar-refractivity contribution in [2.45, 2.75) is 27.7 Å². The Morgan fingerprint density at radius 1 is 1.00 bits per heavy atom. The summed E-state index contributed by atoms with van der Waals surface area (Å²) in [4.78, 5) is 0. The molecule has 2 nitrogen and oxygen atoms in total. The van der Waals surface area contributed by atoms with Crippen LogP contribution in [0.1, 0.15) is 25.0 Å². The van der Waals surface area contributed by atoms with Crippen LogP contribution in [0.5, 0.6) is 11.5 Å². The summed E-state index contributed by atoms with van der Waals surface area (Å²) in [5, 5.41) is 4.19. The molecule has 0 radical (unpaired) electrons. The molecule has 2 aromatic carbocycles. The number of ether oxygens (including phenoxy) is 1. The van der Waals surface area contributed by atoms with Gasteiger partial charge in [-0.15, -0.1) is 0 Å². The lowest BCUT2D eigenvalue weighted by Crippen LogP contribution is -2.07. The van der Waals surface area contributed by atoms with Crippen LogP contribution in [-0.4, -0.2) is 6.54 Å². The van der Waals surface area contributed by atoms with Crippen LogP contribution in [0.15, 0.2) is 36.4 Å². The third-order valence-electron chi connectivity index (χ3n) is 3.21. The maximum atomic E-state index is 6.17. The van der Waals surface area contributed by atoms with E-state index < -0.39 is 0 Å². The third-order valence-corrected chi connectivity index (χ3v) is 3.81. The second-order valence-corrected chi connectivity index (χ2v) is 6.15. The SMILES string of the molecule is Cc1cc(Oc2ccc(NCC(C)C)cc2)cc(C)c1Cl. The van der Waals surface area contributed by atoms with E-state index in [1.54, 1.807) is 0 Å². The largest absolute Gasteiger partial charge is 0.457 e. The van der Waals surface area contributed by atoms with Gasteiger partial charge in [0.05, 0.1) is 0 Å². The van der Waals surface area contributed by atoms with Gasteiger partial charge in [-0.3, -0.25) is 0 Å². The maximum Gasteiger partial charge on any atom is 0.128 e. The molecule has 0 fully saturated rings. The second-order valence-electron chi connectivity index (χ2n) is 5.77. The predicted octanol–water partition coefficient (Wildman–Crippen LogP) is 5.82. The monoisotopic (exact) mass is 303 g/mol. The van der Waals surface area contributed by atoms with Gasteiger partial charge in [0.15, 0.2) is 0 Å². The zero-order chi connectivity index (χ0) is 15.4. The molecule has 0 unspecified atom stereocenters. The molecule has 0 saturated heterocycles. The fraction of sp³-hybridized carbons (Fsp3) is 0.333. The van der Waals surface area contributed by atoms with Crippen molar-refractivity contribution >= 4 is 17.3 Å². The van der Waals surface area contributed by atoms with E-state index in [9.17, 15) is 0 Å². The number of hydrogen-bond acceptors (Lipinski definition) is 2. The molecule has 1 N–H and O–H groups in total. The molecule has 0 atom stereocenters. The van der Waals surface area contributed by atoms with Gasteiger partial charge in [0.1, 0.15) is 11.5 Å². The normalized spacial score (nSPS) is 10.8. The number of hydrogen-bond donors (Lipinski definition) is 1. The van der Waals surface area contributed by atoms with Crippen LogP contribution in [0.3, 0.4) is 0 Å². The number of benzene rings is 2. The summed E-state index contributed by atoms with van der Waals surface area (Å²) in [6.07, 6.45) is 0. The van der Waals surface area contributed by atoms with Crippen LogP contribution < -0.4 is 10.1 Å². The quantitative estimate of drug-likeness (QED) is 0.751. The molecule has 0 heterocycles. The van der Waals surface area contributed by atoms with E-state index in [0.29, 0.717) is 5.92 Å². The van der Waals surface area contributed by atoms with Crippen molar-refractivity contribution in [1.82, 2.24) is 0 Å². The highest BCUT2D eigenvalue weighted by Crippen LogP contribution is 2.29. The third kappa shape index (κ3) is 4.40. The molecule has 0 spiro atoms. The average Bonchev–Trinajstić information content (AvgIpc) is 2.44. The summed E-state index contributed by atoms with van der Waals surface area (Å²) >= 11 is 6.17. The van der Waals surface area contributed by atoms with Gasteiger partial charge in [-0.25, -0.2) is 0 Å². The highest BCUT2D eigenvalue weighted by Gasteiger charge is 2.05. The number of halogens is 1. The first-order chi connectivity index (χ1) is 9.95. The Labute approximate surface area is 132 Å². The fourth-order valence-corrected chi connectivity index (χ4v) is 2.17. The fourth-order valence-electron chi connectivity index (χ4n) is 2.06. The van der Waals surface area contributed by atoms with Crippen LogP contribution in [-0.2, 0) is 0 Å². The van der Waals surface area contributed by atoms with E-state index in [1.165, 1.54) is 0 Å². The minimum absolute atomic E-state index is 0.626. The highest BCUT2D eigenvalue weighted by molar-refractivity contribution is 6.32. The highest BCUT2D eigenvalue weighted by atomic mass is 35.5. The Balaban J connectivity index is 2.06. The Bertz CT molecular complexity index is 582. The van der Waals surface area contributed by atoms with Crippen molar-refractivity contribution < 1.29 is 4.74 Å². The zero-order valence-corrected chi connectivity index (χ0v) is 13.8. The van der Waals surface area contributed by atoms with Crippen LogP contribution >= 0.6 is 11.6 Å². The average molecular weight is 304 g/mol. The summed E-state index contributed by atoms with van der Waals surface area (Å²) in [6, 6.07) is 11.9. The van der Waals surface area contributed by atoms with Crippen molar-refractivity contribution in [3.8, 4) is 11.5 Å². The Morgan fingerprint density at radius 3 is 2.10 bits per heavy atom. The molecule has 112 valence electrons. The molecule has 0 aliphatic carbocycles. The molecule has 21 heavy (non-hydrogen) atoms. The van der Waals surface area contributed by atoms with Crippen molar-refractivity contribution in [3.05, 3.63) is 52.5 Å². The first kappa shape index (κ1) is 15.7. The minimum atomic E-state index is 0.626. The molecule has 0 saturated carbocycles. The second kappa shape index (κ2) is 6.86. The van der Waals surface area contributed by atoms with E-state index in [0.717, 1.165) is 39.9 Å². The van der Waals surface area contributed by atoms with Gasteiger partial charge < -0.3 is 10.1 Å². The summed E-state index contributed by atoms with van der Waals surface area (Å²) in [7, 11) is 0. The van der Waals surface area contributed by atoms with Crippen LogP contribution in [0, 0.1) is 19.8 Å². The van der Waals surface area contributed by atoms with Crippen LogP contribution in [0.4, 0.5) is 5.69 Å². The van der Waals surface area contributed by atoms with Gasteiger partial charge in [-0.05, 0) is 67.3 Å². The summed E-state index contributed by atoms with van der Waals surface area (Å²) in [5.41, 5.74) is 3.17. The van der Waals surface area contributed by atoms with Gasteiger partial charge >= 0.3 is 0 Å². The Hall–Kier alpha value is -1.67. The molecule has 0 aliphatic heterocycles. The number of anilines is 1. The van der Waals surface area contributed by atoms with Gasteiger partial charge in [0, 0.05) is 17.3 Å². The Kier molecular flexibility index (Phi) is 5.13. The maximum absolute atomic E-state index is 6.17. The van der Waals surface area contributed by atoms with Gasteiger partial charge in [0.25, 0.3) is 0 Å². The summed E-state index contributed by atoms with van der Waals surface area (Å²) < 4.78 is 5.89. The van der Waals surface area contributed by atoms with Gasteiger partial charge in [-0.2, -0.15) is 0 Å². The van der Waals surface area contributed by atoms with Crippen LogP contribution in [0.2, 0.25) is 5.02 Å².